The Morgan fingerprint density at radius 3 is 3.00 bits per heavy atom. The third kappa shape index (κ3) is 1.35. The number of hydrogen-bond donors (Lipinski definition) is 1. The molecule has 0 saturated carbocycles. The number of fused-ring (bicyclic) bond motifs is 2. The summed E-state index contributed by atoms with van der Waals surface area (Å²) >= 11 is 0. The highest BCUT2D eigenvalue weighted by Crippen LogP contribution is 2.26. The first-order valence-electron chi connectivity index (χ1n) is 5.88. The van der Waals surface area contributed by atoms with Crippen molar-refractivity contribution in [2.75, 3.05) is 13.1 Å². The van der Waals surface area contributed by atoms with Crippen LogP contribution in [0.25, 0.3) is 0 Å². The van der Waals surface area contributed by atoms with Crippen LogP contribution >= 0.6 is 0 Å². The van der Waals surface area contributed by atoms with Crippen molar-refractivity contribution < 1.29 is 4.79 Å². The van der Waals surface area contributed by atoms with E-state index in [0.717, 1.165) is 25.1 Å². The van der Waals surface area contributed by atoms with Crippen LogP contribution in [-0.4, -0.2) is 36.0 Å². The van der Waals surface area contributed by atoms with Gasteiger partial charge in [-0.25, -0.2) is 0 Å². The summed E-state index contributed by atoms with van der Waals surface area (Å²) in [5, 5.41) is 3.39. The highest BCUT2D eigenvalue weighted by atomic mass is 16.2. The molecule has 0 radical (unpaired) electrons. The minimum Gasteiger partial charge on any atom is -0.330 e. The van der Waals surface area contributed by atoms with Gasteiger partial charge in [-0.15, -0.1) is 0 Å². The molecular formula is C13H16N2O. The van der Waals surface area contributed by atoms with Gasteiger partial charge in [0.15, 0.2) is 0 Å². The zero-order chi connectivity index (χ0) is 11.1. The van der Waals surface area contributed by atoms with Crippen molar-refractivity contribution in [1.82, 2.24) is 10.2 Å². The van der Waals surface area contributed by atoms with Crippen molar-refractivity contribution in [2.24, 2.45) is 0 Å². The Morgan fingerprint density at radius 1 is 1.31 bits per heavy atom. The van der Waals surface area contributed by atoms with Gasteiger partial charge in [-0.05, 0) is 25.0 Å². The van der Waals surface area contributed by atoms with E-state index >= 15 is 0 Å². The van der Waals surface area contributed by atoms with E-state index in [1.54, 1.807) is 0 Å². The summed E-state index contributed by atoms with van der Waals surface area (Å²) in [5.74, 6) is 0.209. The molecule has 2 atom stereocenters. The number of nitrogens with zero attached hydrogens (tertiary/aromatic N) is 1. The molecule has 1 fully saturated rings. The van der Waals surface area contributed by atoms with E-state index in [0.29, 0.717) is 12.1 Å². The monoisotopic (exact) mass is 216 g/mol. The first-order chi connectivity index (χ1) is 7.77. The second-order valence-corrected chi connectivity index (χ2v) is 4.73. The van der Waals surface area contributed by atoms with E-state index in [-0.39, 0.29) is 5.91 Å². The summed E-state index contributed by atoms with van der Waals surface area (Å²) in [4.78, 5) is 14.4. The van der Waals surface area contributed by atoms with E-state index in [2.05, 4.69) is 23.2 Å². The molecule has 3 heteroatoms. The summed E-state index contributed by atoms with van der Waals surface area (Å²) in [7, 11) is 0. The average molecular weight is 216 g/mol. The van der Waals surface area contributed by atoms with Crippen LogP contribution < -0.4 is 5.32 Å². The summed E-state index contributed by atoms with van der Waals surface area (Å²) in [6, 6.07) is 8.63. The van der Waals surface area contributed by atoms with Gasteiger partial charge in [0.1, 0.15) is 0 Å². The van der Waals surface area contributed by atoms with Gasteiger partial charge in [-0.3, -0.25) is 4.79 Å². The van der Waals surface area contributed by atoms with Gasteiger partial charge in [0.2, 0.25) is 0 Å². The molecule has 1 aromatic rings. The van der Waals surface area contributed by atoms with Crippen LogP contribution in [0.1, 0.15) is 22.8 Å². The second kappa shape index (κ2) is 3.59. The van der Waals surface area contributed by atoms with Gasteiger partial charge < -0.3 is 10.2 Å². The second-order valence-electron chi connectivity index (χ2n) is 4.73. The summed E-state index contributed by atoms with van der Waals surface area (Å²) in [5.41, 5.74) is 2.09. The third-order valence-electron chi connectivity index (χ3n) is 3.63. The Labute approximate surface area is 95.4 Å². The maximum absolute atomic E-state index is 12.4. The first-order valence-corrected chi connectivity index (χ1v) is 5.88. The lowest BCUT2D eigenvalue weighted by atomic mass is 9.90. The molecule has 1 amide bonds. The molecule has 84 valence electrons. The van der Waals surface area contributed by atoms with E-state index in [1.165, 1.54) is 5.56 Å². The summed E-state index contributed by atoms with van der Waals surface area (Å²) in [6.45, 7) is 3.94. The molecule has 0 bridgehead atoms. The number of piperazine rings is 1. The Hall–Kier alpha value is -1.35. The normalized spacial score (nSPS) is 28.6. The zero-order valence-corrected chi connectivity index (χ0v) is 9.44. The molecule has 2 aliphatic heterocycles. The Bertz CT molecular complexity index is 430. The fourth-order valence-corrected chi connectivity index (χ4v) is 2.85. The number of nitrogens with one attached hydrogen (secondary N) is 1. The zero-order valence-electron chi connectivity index (χ0n) is 9.44. The maximum Gasteiger partial charge on any atom is 0.254 e. The number of hydrogen-bond acceptors (Lipinski definition) is 2. The van der Waals surface area contributed by atoms with Crippen LogP contribution in [0.15, 0.2) is 24.3 Å². The van der Waals surface area contributed by atoms with E-state index < -0.39 is 0 Å². The lowest BCUT2D eigenvalue weighted by Crippen LogP contribution is -2.60. The predicted molar refractivity (Wildman–Crippen MR) is 62.4 cm³/mol. The molecule has 2 aliphatic rings. The fraction of sp³-hybridized carbons (Fsp3) is 0.462. The molecule has 2 heterocycles. The lowest BCUT2D eigenvalue weighted by Gasteiger charge is -2.44. The van der Waals surface area contributed by atoms with Gasteiger partial charge in [-0.2, -0.15) is 0 Å². The molecular weight excluding hydrogens is 200 g/mol. The van der Waals surface area contributed by atoms with Crippen molar-refractivity contribution in [3.63, 3.8) is 0 Å². The van der Waals surface area contributed by atoms with Gasteiger partial charge in [-0.1, -0.05) is 18.2 Å². The van der Waals surface area contributed by atoms with Crippen molar-refractivity contribution in [3.8, 4) is 0 Å². The van der Waals surface area contributed by atoms with Crippen LogP contribution in [0.2, 0.25) is 0 Å². The van der Waals surface area contributed by atoms with Crippen LogP contribution in [0.5, 0.6) is 0 Å². The van der Waals surface area contributed by atoms with Crippen LogP contribution in [0.3, 0.4) is 0 Å². The number of benzene rings is 1. The van der Waals surface area contributed by atoms with E-state index in [1.807, 2.05) is 18.2 Å². The standard InChI is InChI=1S/C13H16N2O/c1-9-7-14-8-11-6-10-4-2-3-5-12(10)13(16)15(9)11/h2-5,9,11,14H,6-8H2,1H3/t9-,11+/m1/s1. The van der Waals surface area contributed by atoms with Gasteiger partial charge >= 0.3 is 0 Å². The van der Waals surface area contributed by atoms with Crippen LogP contribution in [-0.2, 0) is 6.42 Å². The van der Waals surface area contributed by atoms with Crippen molar-refractivity contribution >= 4 is 5.91 Å². The van der Waals surface area contributed by atoms with Crippen molar-refractivity contribution in [2.45, 2.75) is 25.4 Å². The molecule has 3 rings (SSSR count). The Kier molecular flexibility index (Phi) is 2.21. The molecule has 0 spiro atoms. The Balaban J connectivity index is 2.03. The summed E-state index contributed by atoms with van der Waals surface area (Å²) < 4.78 is 0. The SMILES string of the molecule is C[C@@H]1CNC[C@@H]2Cc3ccccc3C(=O)N21. The average Bonchev–Trinajstić information content (AvgIpc) is 2.29. The molecule has 16 heavy (non-hydrogen) atoms. The van der Waals surface area contributed by atoms with E-state index in [9.17, 15) is 4.79 Å². The third-order valence-corrected chi connectivity index (χ3v) is 3.63. The molecule has 0 unspecified atom stereocenters. The molecule has 0 aliphatic carbocycles. The van der Waals surface area contributed by atoms with E-state index in [4.69, 9.17) is 0 Å². The number of rotatable bonds is 0. The summed E-state index contributed by atoms with van der Waals surface area (Å²) in [6.07, 6.45) is 0.985. The van der Waals surface area contributed by atoms with Gasteiger partial charge in [0.25, 0.3) is 5.91 Å². The first kappa shape index (κ1) is 9.85. The molecule has 3 nitrogen and oxygen atoms in total. The Morgan fingerprint density at radius 2 is 2.12 bits per heavy atom. The molecule has 0 aromatic heterocycles. The van der Waals surface area contributed by atoms with Crippen LogP contribution in [0, 0.1) is 0 Å². The fourth-order valence-electron chi connectivity index (χ4n) is 2.85. The van der Waals surface area contributed by atoms with Gasteiger partial charge in [0.05, 0.1) is 0 Å². The largest absolute Gasteiger partial charge is 0.330 e. The quantitative estimate of drug-likeness (QED) is 0.703. The smallest absolute Gasteiger partial charge is 0.254 e. The highest BCUT2D eigenvalue weighted by Gasteiger charge is 2.36. The van der Waals surface area contributed by atoms with Crippen molar-refractivity contribution in [3.05, 3.63) is 35.4 Å². The highest BCUT2D eigenvalue weighted by molar-refractivity contribution is 5.97. The van der Waals surface area contributed by atoms with Gasteiger partial charge in [0, 0.05) is 30.7 Å². The van der Waals surface area contributed by atoms with Crippen LogP contribution in [0.4, 0.5) is 0 Å². The predicted octanol–water partition coefficient (Wildman–Crippen LogP) is 1.05. The topological polar surface area (TPSA) is 32.3 Å². The lowest BCUT2D eigenvalue weighted by molar-refractivity contribution is 0.0483. The number of amides is 1. The number of carbonyl (C=O) groups is 1. The maximum atomic E-state index is 12.4. The van der Waals surface area contributed by atoms with Crippen molar-refractivity contribution in [1.29, 1.82) is 0 Å². The molecule has 1 saturated heterocycles. The number of carbonyl (C=O) groups excluding carboxylic acids is 1. The molecule has 1 N–H and O–H groups in total. The minimum atomic E-state index is 0.209. The minimum absolute atomic E-state index is 0.209. The molecule has 1 aromatic carbocycles.